The number of carbonyl (C=O) groups excluding carboxylic acids is 1. The highest BCUT2D eigenvalue weighted by Crippen LogP contribution is 2.21. The number of anilines is 1. The van der Waals surface area contributed by atoms with E-state index in [1.807, 2.05) is 6.07 Å². The van der Waals surface area contributed by atoms with E-state index in [9.17, 15) is 13.6 Å². The Hall–Kier alpha value is -1.85. The molecule has 0 aliphatic rings. The SMILES string of the molecule is O=C(CCNc1ccc(F)c(F)c1)NCCc1ccc(Cl)cc1Cl. The van der Waals surface area contributed by atoms with E-state index in [2.05, 4.69) is 10.6 Å². The molecule has 0 radical (unpaired) electrons. The van der Waals surface area contributed by atoms with E-state index in [-0.39, 0.29) is 12.3 Å². The van der Waals surface area contributed by atoms with Crippen LogP contribution in [-0.4, -0.2) is 19.0 Å². The van der Waals surface area contributed by atoms with E-state index in [1.165, 1.54) is 6.07 Å². The van der Waals surface area contributed by atoms with Gasteiger partial charge in [0.15, 0.2) is 11.6 Å². The van der Waals surface area contributed by atoms with Crippen LogP contribution in [0.3, 0.4) is 0 Å². The summed E-state index contributed by atoms with van der Waals surface area (Å²) in [6.45, 7) is 0.768. The third-order valence-electron chi connectivity index (χ3n) is 3.33. The molecule has 3 nitrogen and oxygen atoms in total. The predicted molar refractivity (Wildman–Crippen MR) is 92.6 cm³/mol. The summed E-state index contributed by atoms with van der Waals surface area (Å²) in [5.74, 6) is -1.97. The second-order valence-corrected chi connectivity index (χ2v) is 5.98. The fourth-order valence-electron chi connectivity index (χ4n) is 2.08. The first kappa shape index (κ1) is 18.5. The van der Waals surface area contributed by atoms with E-state index in [1.54, 1.807) is 12.1 Å². The Morgan fingerprint density at radius 3 is 2.50 bits per heavy atom. The van der Waals surface area contributed by atoms with Crippen LogP contribution in [0.5, 0.6) is 0 Å². The minimum absolute atomic E-state index is 0.143. The topological polar surface area (TPSA) is 41.1 Å². The van der Waals surface area contributed by atoms with Crippen molar-refractivity contribution in [2.24, 2.45) is 0 Å². The summed E-state index contributed by atoms with van der Waals surface area (Å²) in [5.41, 5.74) is 1.33. The van der Waals surface area contributed by atoms with E-state index >= 15 is 0 Å². The summed E-state index contributed by atoms with van der Waals surface area (Å²) in [5, 5.41) is 6.77. The molecule has 0 aliphatic heterocycles. The Balaban J connectivity index is 1.68. The molecule has 0 fully saturated rings. The zero-order valence-corrected chi connectivity index (χ0v) is 14.2. The van der Waals surface area contributed by atoms with Crippen molar-refractivity contribution in [1.82, 2.24) is 5.32 Å². The molecular formula is C17H16Cl2F2N2O. The normalized spacial score (nSPS) is 10.5. The molecule has 2 aromatic rings. The Morgan fingerprint density at radius 2 is 1.79 bits per heavy atom. The van der Waals surface area contributed by atoms with E-state index in [0.717, 1.165) is 17.7 Å². The van der Waals surface area contributed by atoms with Crippen LogP contribution in [0, 0.1) is 11.6 Å². The van der Waals surface area contributed by atoms with Crippen LogP contribution in [0.1, 0.15) is 12.0 Å². The zero-order chi connectivity index (χ0) is 17.5. The summed E-state index contributed by atoms with van der Waals surface area (Å²) >= 11 is 11.9. The molecule has 0 aromatic heterocycles. The molecule has 0 atom stereocenters. The third kappa shape index (κ3) is 5.65. The summed E-state index contributed by atoms with van der Waals surface area (Å²) < 4.78 is 25.8. The fraction of sp³-hybridized carbons (Fsp3) is 0.235. The summed E-state index contributed by atoms with van der Waals surface area (Å²) in [6, 6.07) is 8.73. The number of rotatable bonds is 7. The highest BCUT2D eigenvalue weighted by atomic mass is 35.5. The first-order valence-corrected chi connectivity index (χ1v) is 8.11. The standard InChI is InChI=1S/C17H16Cl2F2N2O/c18-12-2-1-11(14(19)9-12)5-7-23-17(24)6-8-22-13-3-4-15(20)16(21)10-13/h1-4,9-10,22H,5-8H2,(H,23,24). The van der Waals surface area contributed by atoms with Crippen LogP contribution in [0.2, 0.25) is 10.0 Å². The molecule has 0 bridgehead atoms. The van der Waals surface area contributed by atoms with Crippen LogP contribution in [-0.2, 0) is 11.2 Å². The molecule has 7 heteroatoms. The number of hydrogen-bond acceptors (Lipinski definition) is 2. The van der Waals surface area contributed by atoms with Crippen LogP contribution >= 0.6 is 23.2 Å². The van der Waals surface area contributed by atoms with Gasteiger partial charge in [0.05, 0.1) is 0 Å². The molecular weight excluding hydrogens is 357 g/mol. The first-order chi connectivity index (χ1) is 11.5. The lowest BCUT2D eigenvalue weighted by atomic mass is 10.1. The van der Waals surface area contributed by atoms with Gasteiger partial charge in [-0.25, -0.2) is 8.78 Å². The van der Waals surface area contributed by atoms with Crippen molar-refractivity contribution in [1.29, 1.82) is 0 Å². The van der Waals surface area contributed by atoms with Crippen LogP contribution in [0.25, 0.3) is 0 Å². The van der Waals surface area contributed by atoms with E-state index in [4.69, 9.17) is 23.2 Å². The van der Waals surface area contributed by atoms with Crippen molar-refractivity contribution in [3.8, 4) is 0 Å². The lowest BCUT2D eigenvalue weighted by Gasteiger charge is -2.09. The number of hydrogen-bond donors (Lipinski definition) is 2. The summed E-state index contributed by atoms with van der Waals surface area (Å²) in [4.78, 5) is 11.7. The Labute approximate surface area is 149 Å². The van der Waals surface area contributed by atoms with Gasteiger partial charge in [-0.1, -0.05) is 29.3 Å². The van der Waals surface area contributed by atoms with Crippen molar-refractivity contribution in [3.63, 3.8) is 0 Å². The zero-order valence-electron chi connectivity index (χ0n) is 12.7. The number of nitrogens with one attached hydrogen (secondary N) is 2. The first-order valence-electron chi connectivity index (χ1n) is 7.35. The molecule has 2 N–H and O–H groups in total. The quantitative estimate of drug-likeness (QED) is 0.754. The number of carbonyl (C=O) groups is 1. The molecule has 0 aliphatic carbocycles. The molecule has 0 heterocycles. The Kier molecular flexibility index (Phi) is 6.82. The smallest absolute Gasteiger partial charge is 0.221 e. The van der Waals surface area contributed by atoms with Gasteiger partial charge in [-0.05, 0) is 42.3 Å². The lowest BCUT2D eigenvalue weighted by molar-refractivity contribution is -0.120. The molecule has 0 unspecified atom stereocenters. The predicted octanol–water partition coefficient (Wildman–Crippen LogP) is 4.43. The molecule has 2 rings (SSSR count). The van der Waals surface area contributed by atoms with Crippen molar-refractivity contribution in [2.45, 2.75) is 12.8 Å². The van der Waals surface area contributed by atoms with E-state index in [0.29, 0.717) is 35.2 Å². The Bertz CT molecular complexity index is 726. The molecule has 0 spiro atoms. The van der Waals surface area contributed by atoms with Crippen LogP contribution in [0.15, 0.2) is 36.4 Å². The molecule has 2 aromatic carbocycles. The average Bonchev–Trinajstić information content (AvgIpc) is 2.53. The van der Waals surface area contributed by atoms with Crippen LogP contribution < -0.4 is 10.6 Å². The highest BCUT2D eigenvalue weighted by Gasteiger charge is 2.05. The third-order valence-corrected chi connectivity index (χ3v) is 3.92. The second-order valence-electron chi connectivity index (χ2n) is 5.14. The minimum Gasteiger partial charge on any atom is -0.384 e. The van der Waals surface area contributed by atoms with Gasteiger partial charge in [0.2, 0.25) is 5.91 Å². The lowest BCUT2D eigenvalue weighted by Crippen LogP contribution is -2.27. The van der Waals surface area contributed by atoms with Gasteiger partial charge in [0.25, 0.3) is 0 Å². The van der Waals surface area contributed by atoms with Gasteiger partial charge < -0.3 is 10.6 Å². The number of amides is 1. The minimum atomic E-state index is -0.927. The maximum Gasteiger partial charge on any atom is 0.221 e. The van der Waals surface area contributed by atoms with Crippen molar-refractivity contribution in [2.75, 3.05) is 18.4 Å². The van der Waals surface area contributed by atoms with Gasteiger partial charge in [-0.3, -0.25) is 4.79 Å². The van der Waals surface area contributed by atoms with Crippen molar-refractivity contribution < 1.29 is 13.6 Å². The second kappa shape index (κ2) is 8.85. The summed E-state index contributed by atoms with van der Waals surface area (Å²) in [7, 11) is 0. The summed E-state index contributed by atoms with van der Waals surface area (Å²) in [6.07, 6.45) is 0.811. The number of benzene rings is 2. The molecule has 0 saturated heterocycles. The Morgan fingerprint density at radius 1 is 1.00 bits per heavy atom. The monoisotopic (exact) mass is 372 g/mol. The fourth-order valence-corrected chi connectivity index (χ4v) is 2.58. The molecule has 1 amide bonds. The van der Waals surface area contributed by atoms with Crippen molar-refractivity contribution in [3.05, 3.63) is 63.6 Å². The average molecular weight is 373 g/mol. The largest absolute Gasteiger partial charge is 0.384 e. The molecule has 0 saturated carbocycles. The van der Waals surface area contributed by atoms with Crippen molar-refractivity contribution >= 4 is 34.8 Å². The van der Waals surface area contributed by atoms with Gasteiger partial charge >= 0.3 is 0 Å². The molecule has 24 heavy (non-hydrogen) atoms. The highest BCUT2D eigenvalue weighted by molar-refractivity contribution is 6.35. The van der Waals surface area contributed by atoms with Gasteiger partial charge in [-0.2, -0.15) is 0 Å². The van der Waals surface area contributed by atoms with Gasteiger partial charge in [-0.15, -0.1) is 0 Å². The number of halogens is 4. The maximum absolute atomic E-state index is 13.0. The molecule has 128 valence electrons. The van der Waals surface area contributed by atoms with E-state index < -0.39 is 11.6 Å². The maximum atomic E-state index is 13.0. The van der Waals surface area contributed by atoms with Gasteiger partial charge in [0, 0.05) is 35.2 Å². The van der Waals surface area contributed by atoms with Gasteiger partial charge in [0.1, 0.15) is 0 Å². The van der Waals surface area contributed by atoms with Crippen LogP contribution in [0.4, 0.5) is 14.5 Å².